The fourth-order valence-electron chi connectivity index (χ4n) is 1.42. The summed E-state index contributed by atoms with van der Waals surface area (Å²) < 4.78 is 0. The first kappa shape index (κ1) is 16.4. The van der Waals surface area contributed by atoms with Crippen molar-refractivity contribution >= 4 is 23.3 Å². The Hall–Kier alpha value is -2.64. The molecule has 3 N–H and O–H groups in total. The molecule has 0 radical (unpaired) electrons. The van der Waals surface area contributed by atoms with Crippen LogP contribution in [0.3, 0.4) is 0 Å². The van der Waals surface area contributed by atoms with Crippen molar-refractivity contribution in [2.24, 2.45) is 5.92 Å². The monoisotopic (exact) mass is 294 g/mol. The zero-order chi connectivity index (χ0) is 15.8. The van der Waals surface area contributed by atoms with E-state index in [0.29, 0.717) is 12.2 Å². The first-order valence-corrected chi connectivity index (χ1v) is 6.44. The standard InChI is InChI=1S/C13H18N4O4/c1-9(2)7-15-13(19)16-12(18)8-14-10-4-3-5-11(6-10)17(20)21/h3-6,9,14H,7-8H2,1-2H3,(H2,15,16,18,19). The molecule has 0 bridgehead atoms. The number of imide groups is 1. The summed E-state index contributed by atoms with van der Waals surface area (Å²) >= 11 is 0. The Morgan fingerprint density at radius 1 is 1.33 bits per heavy atom. The van der Waals surface area contributed by atoms with Crippen LogP contribution in [0.2, 0.25) is 0 Å². The van der Waals surface area contributed by atoms with Crippen molar-refractivity contribution in [2.45, 2.75) is 13.8 Å². The van der Waals surface area contributed by atoms with E-state index < -0.39 is 16.9 Å². The van der Waals surface area contributed by atoms with Gasteiger partial charge in [-0.2, -0.15) is 0 Å². The summed E-state index contributed by atoms with van der Waals surface area (Å²) in [7, 11) is 0. The van der Waals surface area contributed by atoms with Gasteiger partial charge in [-0.25, -0.2) is 4.79 Å². The van der Waals surface area contributed by atoms with Crippen LogP contribution in [0.4, 0.5) is 16.2 Å². The van der Waals surface area contributed by atoms with Gasteiger partial charge in [-0.3, -0.25) is 20.2 Å². The highest BCUT2D eigenvalue weighted by molar-refractivity contribution is 5.96. The number of nitro benzene ring substituents is 1. The van der Waals surface area contributed by atoms with Crippen molar-refractivity contribution < 1.29 is 14.5 Å². The van der Waals surface area contributed by atoms with Crippen molar-refractivity contribution in [1.29, 1.82) is 0 Å². The maximum absolute atomic E-state index is 11.5. The Kier molecular flexibility index (Phi) is 6.12. The molecule has 0 unspecified atom stereocenters. The molecule has 0 heterocycles. The molecule has 0 aliphatic carbocycles. The molecule has 0 saturated carbocycles. The summed E-state index contributed by atoms with van der Waals surface area (Å²) in [5.74, 6) is -0.239. The lowest BCUT2D eigenvalue weighted by molar-refractivity contribution is -0.384. The quantitative estimate of drug-likeness (QED) is 0.543. The van der Waals surface area contributed by atoms with Gasteiger partial charge in [0, 0.05) is 24.4 Å². The molecule has 0 fully saturated rings. The topological polar surface area (TPSA) is 113 Å². The van der Waals surface area contributed by atoms with Gasteiger partial charge in [0.05, 0.1) is 11.5 Å². The van der Waals surface area contributed by atoms with Crippen molar-refractivity contribution in [2.75, 3.05) is 18.4 Å². The number of non-ortho nitro benzene ring substituents is 1. The molecule has 1 rings (SSSR count). The molecule has 0 spiro atoms. The van der Waals surface area contributed by atoms with Gasteiger partial charge < -0.3 is 10.6 Å². The van der Waals surface area contributed by atoms with E-state index in [2.05, 4.69) is 16.0 Å². The van der Waals surface area contributed by atoms with E-state index in [0.717, 1.165) is 0 Å². The van der Waals surface area contributed by atoms with Crippen LogP contribution in [-0.4, -0.2) is 30.0 Å². The Morgan fingerprint density at radius 3 is 2.67 bits per heavy atom. The fraction of sp³-hybridized carbons (Fsp3) is 0.385. The lowest BCUT2D eigenvalue weighted by atomic mass is 10.2. The van der Waals surface area contributed by atoms with Crippen LogP contribution in [-0.2, 0) is 4.79 Å². The fourth-order valence-corrected chi connectivity index (χ4v) is 1.42. The van der Waals surface area contributed by atoms with Gasteiger partial charge in [0.15, 0.2) is 0 Å². The van der Waals surface area contributed by atoms with Crippen LogP contribution < -0.4 is 16.0 Å². The van der Waals surface area contributed by atoms with Crippen LogP contribution in [0.25, 0.3) is 0 Å². The smallest absolute Gasteiger partial charge is 0.321 e. The average molecular weight is 294 g/mol. The molecular formula is C13H18N4O4. The predicted molar refractivity (Wildman–Crippen MR) is 78.0 cm³/mol. The van der Waals surface area contributed by atoms with Crippen LogP contribution in [0, 0.1) is 16.0 Å². The van der Waals surface area contributed by atoms with Crippen LogP contribution in [0.1, 0.15) is 13.8 Å². The van der Waals surface area contributed by atoms with E-state index in [-0.39, 0.29) is 18.2 Å². The third-order valence-electron chi connectivity index (χ3n) is 2.43. The number of nitro groups is 1. The number of anilines is 1. The highest BCUT2D eigenvalue weighted by atomic mass is 16.6. The molecule has 3 amide bonds. The van der Waals surface area contributed by atoms with Gasteiger partial charge >= 0.3 is 6.03 Å². The van der Waals surface area contributed by atoms with Crippen LogP contribution in [0.15, 0.2) is 24.3 Å². The van der Waals surface area contributed by atoms with Gasteiger partial charge in [-0.1, -0.05) is 19.9 Å². The van der Waals surface area contributed by atoms with E-state index in [1.54, 1.807) is 6.07 Å². The van der Waals surface area contributed by atoms with Crippen molar-refractivity contribution in [1.82, 2.24) is 10.6 Å². The minimum atomic E-state index is -0.561. The molecule has 114 valence electrons. The first-order chi connectivity index (χ1) is 9.88. The number of hydrogen-bond donors (Lipinski definition) is 3. The molecule has 0 saturated heterocycles. The Labute approximate surface area is 122 Å². The second-order valence-corrected chi connectivity index (χ2v) is 4.81. The van der Waals surface area contributed by atoms with Crippen molar-refractivity contribution in [3.8, 4) is 0 Å². The highest BCUT2D eigenvalue weighted by Crippen LogP contribution is 2.16. The molecule has 0 aliphatic rings. The number of rotatable bonds is 6. The number of carbonyl (C=O) groups is 2. The lowest BCUT2D eigenvalue weighted by Crippen LogP contribution is -2.43. The second-order valence-electron chi connectivity index (χ2n) is 4.81. The Bertz CT molecular complexity index is 531. The van der Waals surface area contributed by atoms with Gasteiger partial charge in [-0.05, 0) is 12.0 Å². The summed E-state index contributed by atoms with van der Waals surface area (Å²) in [5.41, 5.74) is 0.358. The Balaban J connectivity index is 2.41. The highest BCUT2D eigenvalue weighted by Gasteiger charge is 2.09. The minimum Gasteiger partial charge on any atom is -0.376 e. The number of carbonyl (C=O) groups excluding carboxylic acids is 2. The molecule has 0 atom stereocenters. The third kappa shape index (κ3) is 6.37. The predicted octanol–water partition coefficient (Wildman–Crippen LogP) is 1.49. The van der Waals surface area contributed by atoms with Gasteiger partial charge in [0.25, 0.3) is 5.69 Å². The summed E-state index contributed by atoms with van der Waals surface area (Å²) in [6.45, 7) is 4.19. The summed E-state index contributed by atoms with van der Waals surface area (Å²) in [5, 5.41) is 18.0. The van der Waals surface area contributed by atoms with E-state index >= 15 is 0 Å². The zero-order valence-corrected chi connectivity index (χ0v) is 11.9. The number of nitrogens with one attached hydrogen (secondary N) is 3. The molecule has 0 aromatic heterocycles. The van der Waals surface area contributed by atoms with E-state index in [1.807, 2.05) is 13.8 Å². The van der Waals surface area contributed by atoms with Crippen molar-refractivity contribution in [3.05, 3.63) is 34.4 Å². The number of nitrogens with zero attached hydrogens (tertiary/aromatic N) is 1. The molecule has 21 heavy (non-hydrogen) atoms. The minimum absolute atomic E-state index is 0.0740. The average Bonchev–Trinajstić information content (AvgIpc) is 2.43. The number of benzene rings is 1. The summed E-state index contributed by atoms with van der Waals surface area (Å²) in [6.07, 6.45) is 0. The molecule has 0 aliphatic heterocycles. The van der Waals surface area contributed by atoms with Gasteiger partial charge in [0.1, 0.15) is 0 Å². The second kappa shape index (κ2) is 7.83. The number of urea groups is 1. The van der Waals surface area contributed by atoms with E-state index in [1.165, 1.54) is 18.2 Å². The lowest BCUT2D eigenvalue weighted by Gasteiger charge is -2.09. The largest absolute Gasteiger partial charge is 0.376 e. The van der Waals surface area contributed by atoms with E-state index in [4.69, 9.17) is 0 Å². The SMILES string of the molecule is CC(C)CNC(=O)NC(=O)CNc1cccc([N+](=O)[O-])c1. The first-order valence-electron chi connectivity index (χ1n) is 6.44. The maximum Gasteiger partial charge on any atom is 0.321 e. The third-order valence-corrected chi connectivity index (χ3v) is 2.43. The Morgan fingerprint density at radius 2 is 2.05 bits per heavy atom. The van der Waals surface area contributed by atoms with Crippen LogP contribution >= 0.6 is 0 Å². The van der Waals surface area contributed by atoms with Gasteiger partial charge in [0.2, 0.25) is 5.91 Å². The van der Waals surface area contributed by atoms with Crippen molar-refractivity contribution in [3.63, 3.8) is 0 Å². The van der Waals surface area contributed by atoms with E-state index in [9.17, 15) is 19.7 Å². The summed E-state index contributed by atoms with van der Waals surface area (Å²) in [6, 6.07) is 5.21. The molecule has 1 aromatic carbocycles. The molecular weight excluding hydrogens is 276 g/mol. The van der Waals surface area contributed by atoms with Crippen LogP contribution in [0.5, 0.6) is 0 Å². The van der Waals surface area contributed by atoms with Gasteiger partial charge in [-0.15, -0.1) is 0 Å². The molecule has 1 aromatic rings. The normalized spacial score (nSPS) is 10.0. The zero-order valence-electron chi connectivity index (χ0n) is 11.9. The molecule has 8 nitrogen and oxygen atoms in total. The number of hydrogen-bond acceptors (Lipinski definition) is 5. The maximum atomic E-state index is 11.5. The number of amides is 3. The molecule has 8 heteroatoms. The summed E-state index contributed by atoms with van der Waals surface area (Å²) in [4.78, 5) is 33.0.